The van der Waals surface area contributed by atoms with E-state index >= 15 is 0 Å². The van der Waals surface area contributed by atoms with Crippen molar-refractivity contribution in [3.05, 3.63) is 124 Å². The highest BCUT2D eigenvalue weighted by Gasteiger charge is 2.01. The Balaban J connectivity index is 1.36. The Morgan fingerprint density at radius 3 is 0.698 bits per heavy atom. The molecule has 0 radical (unpaired) electrons. The van der Waals surface area contributed by atoms with Crippen molar-refractivity contribution < 1.29 is 14.2 Å². The largest absolute Gasteiger partial charge is 0.494 e. The van der Waals surface area contributed by atoms with Crippen molar-refractivity contribution in [1.82, 2.24) is 0 Å². The number of hydrogen-bond donors (Lipinski definition) is 0. The molecule has 0 bridgehead atoms. The van der Waals surface area contributed by atoms with Crippen LogP contribution in [0.3, 0.4) is 0 Å². The van der Waals surface area contributed by atoms with E-state index in [1.807, 2.05) is 91.0 Å². The topological polar surface area (TPSA) is 27.7 Å². The van der Waals surface area contributed by atoms with Crippen molar-refractivity contribution in [1.29, 1.82) is 0 Å². The Morgan fingerprint density at radius 2 is 0.460 bits per heavy atom. The molecule has 0 aliphatic carbocycles. The van der Waals surface area contributed by atoms with Gasteiger partial charge in [-0.2, -0.15) is 0 Å². The van der Waals surface area contributed by atoms with Gasteiger partial charge in [-0.1, -0.05) is 191 Å². The lowest BCUT2D eigenvalue weighted by Crippen LogP contribution is -1.97. The van der Waals surface area contributed by atoms with Crippen LogP contribution in [0, 0.1) is 35.5 Å². The Morgan fingerprint density at radius 1 is 0.254 bits per heavy atom. The second-order valence-corrected chi connectivity index (χ2v) is 17.1. The monoisotopic (exact) mass is 847 g/mol. The molecular formula is C60H78O3. The summed E-state index contributed by atoms with van der Waals surface area (Å²) in [6, 6.07) is 30.5. The fourth-order valence-corrected chi connectivity index (χ4v) is 7.46. The molecule has 63 heavy (non-hydrogen) atoms. The van der Waals surface area contributed by atoms with Gasteiger partial charge in [-0.3, -0.25) is 0 Å². The van der Waals surface area contributed by atoms with Gasteiger partial charge in [-0.05, 0) is 110 Å². The molecule has 0 fully saturated rings. The summed E-state index contributed by atoms with van der Waals surface area (Å²) in [5, 5.41) is 0. The molecule has 0 heterocycles. The Hall–Kier alpha value is -5.04. The summed E-state index contributed by atoms with van der Waals surface area (Å²) in [6.07, 6.45) is 31.0. The third-order valence-corrected chi connectivity index (χ3v) is 11.3. The van der Waals surface area contributed by atoms with E-state index in [0.29, 0.717) is 0 Å². The maximum absolute atomic E-state index is 6.03. The second-order valence-electron chi connectivity index (χ2n) is 17.1. The standard InChI is InChI=1S/C60H78O3/c1-4-7-10-13-16-19-22-25-46-61-58-40-34-52(35-41-58)28-31-55-49-56(32-29-53-36-42-59(43-37-53)62-47-26-23-20-17-14-11-8-5-2)51-57(50-55)33-30-54-38-44-60(45-39-54)63-48-27-24-21-18-15-12-9-6-3/h34-45,49-51H,4-27,46-48H2,1-3H3. The predicted molar refractivity (Wildman–Crippen MR) is 268 cm³/mol. The quantitative estimate of drug-likeness (QED) is 0.0386. The SMILES string of the molecule is CCCCCCCCCCOc1ccc(C#Cc2cc(C#Cc3ccc(OCCCCCCCCCC)cc3)cc(C#Cc3ccc(OCCCCCCCCCC)cc3)c2)cc1. The van der Waals surface area contributed by atoms with Gasteiger partial charge < -0.3 is 14.2 Å². The smallest absolute Gasteiger partial charge is 0.119 e. The number of benzene rings is 4. The lowest BCUT2D eigenvalue weighted by molar-refractivity contribution is 0.304. The lowest BCUT2D eigenvalue weighted by atomic mass is 10.0. The third-order valence-electron chi connectivity index (χ3n) is 11.3. The van der Waals surface area contributed by atoms with Crippen LogP contribution in [0.25, 0.3) is 0 Å². The lowest BCUT2D eigenvalue weighted by Gasteiger charge is -2.06. The van der Waals surface area contributed by atoms with Crippen molar-refractivity contribution in [3.63, 3.8) is 0 Å². The van der Waals surface area contributed by atoms with Gasteiger partial charge in [0.1, 0.15) is 17.2 Å². The molecule has 336 valence electrons. The zero-order chi connectivity index (χ0) is 44.3. The van der Waals surface area contributed by atoms with Gasteiger partial charge >= 0.3 is 0 Å². The van der Waals surface area contributed by atoms with Gasteiger partial charge in [-0.15, -0.1) is 0 Å². The first-order chi connectivity index (χ1) is 31.1. The van der Waals surface area contributed by atoms with Crippen LogP contribution in [0.2, 0.25) is 0 Å². The summed E-state index contributed by atoms with van der Waals surface area (Å²) in [5.74, 6) is 22.9. The first kappa shape index (κ1) is 50.6. The minimum absolute atomic E-state index is 0.756. The van der Waals surface area contributed by atoms with Crippen LogP contribution >= 0.6 is 0 Å². The predicted octanol–water partition coefficient (Wildman–Crippen LogP) is 16.4. The van der Waals surface area contributed by atoms with E-state index in [4.69, 9.17) is 14.2 Å². The molecule has 4 aromatic rings. The van der Waals surface area contributed by atoms with E-state index in [1.54, 1.807) is 0 Å². The molecule has 0 aliphatic rings. The van der Waals surface area contributed by atoms with E-state index in [9.17, 15) is 0 Å². The summed E-state index contributed by atoms with van der Waals surface area (Å²) >= 11 is 0. The maximum atomic E-state index is 6.03. The van der Waals surface area contributed by atoms with Gasteiger partial charge in [0.2, 0.25) is 0 Å². The van der Waals surface area contributed by atoms with Crippen molar-refractivity contribution in [2.75, 3.05) is 19.8 Å². The van der Waals surface area contributed by atoms with E-state index < -0.39 is 0 Å². The van der Waals surface area contributed by atoms with Gasteiger partial charge in [0.25, 0.3) is 0 Å². The van der Waals surface area contributed by atoms with Gasteiger partial charge in [0, 0.05) is 33.4 Å². The first-order valence-electron chi connectivity index (χ1n) is 25.0. The zero-order valence-corrected chi connectivity index (χ0v) is 39.5. The molecule has 3 nitrogen and oxygen atoms in total. The van der Waals surface area contributed by atoms with Crippen molar-refractivity contribution in [2.24, 2.45) is 0 Å². The molecule has 0 spiro atoms. The number of unbranched alkanes of at least 4 members (excludes halogenated alkanes) is 21. The Bertz CT molecular complexity index is 1730. The molecule has 0 N–H and O–H groups in total. The molecular weight excluding hydrogens is 769 g/mol. The summed E-state index contributed by atoms with van der Waals surface area (Å²) in [6.45, 7) is 9.07. The van der Waals surface area contributed by atoms with E-state index in [2.05, 4.69) is 56.3 Å². The molecule has 0 amide bonds. The van der Waals surface area contributed by atoms with Crippen LogP contribution in [0.5, 0.6) is 17.2 Å². The van der Waals surface area contributed by atoms with Crippen molar-refractivity contribution in [2.45, 2.75) is 175 Å². The Kier molecular flexibility index (Phi) is 26.9. The van der Waals surface area contributed by atoms with E-state index in [-0.39, 0.29) is 0 Å². The number of ether oxygens (including phenoxy) is 3. The van der Waals surface area contributed by atoms with Gasteiger partial charge in [0.15, 0.2) is 0 Å². The Labute approximate surface area is 384 Å². The summed E-state index contributed by atoms with van der Waals surface area (Å²) < 4.78 is 18.1. The molecule has 0 saturated heterocycles. The highest BCUT2D eigenvalue weighted by Crippen LogP contribution is 2.18. The molecule has 0 unspecified atom stereocenters. The zero-order valence-electron chi connectivity index (χ0n) is 39.5. The van der Waals surface area contributed by atoms with Crippen LogP contribution in [0.1, 0.15) is 208 Å². The third kappa shape index (κ3) is 23.8. The normalized spacial score (nSPS) is 10.5. The van der Waals surface area contributed by atoms with Crippen molar-refractivity contribution in [3.8, 4) is 52.8 Å². The minimum atomic E-state index is 0.756. The average molecular weight is 847 g/mol. The molecule has 0 saturated carbocycles. The fraction of sp³-hybridized carbons (Fsp3) is 0.500. The molecule has 0 aromatic heterocycles. The van der Waals surface area contributed by atoms with E-state index in [0.717, 1.165) is 89.7 Å². The van der Waals surface area contributed by atoms with Crippen LogP contribution in [0.4, 0.5) is 0 Å². The number of hydrogen-bond acceptors (Lipinski definition) is 3. The fourth-order valence-electron chi connectivity index (χ4n) is 7.46. The molecule has 3 heteroatoms. The molecule has 0 atom stereocenters. The van der Waals surface area contributed by atoms with Gasteiger partial charge in [-0.25, -0.2) is 0 Å². The van der Waals surface area contributed by atoms with E-state index in [1.165, 1.54) is 135 Å². The first-order valence-corrected chi connectivity index (χ1v) is 25.0. The van der Waals surface area contributed by atoms with Crippen LogP contribution < -0.4 is 14.2 Å². The van der Waals surface area contributed by atoms with Gasteiger partial charge in [0.05, 0.1) is 19.8 Å². The highest BCUT2D eigenvalue weighted by molar-refractivity contribution is 5.55. The van der Waals surface area contributed by atoms with Crippen molar-refractivity contribution >= 4 is 0 Å². The van der Waals surface area contributed by atoms with Crippen LogP contribution in [0.15, 0.2) is 91.0 Å². The maximum Gasteiger partial charge on any atom is 0.119 e. The average Bonchev–Trinajstić information content (AvgIpc) is 3.31. The van der Waals surface area contributed by atoms with Crippen LogP contribution in [-0.2, 0) is 0 Å². The van der Waals surface area contributed by atoms with Crippen LogP contribution in [-0.4, -0.2) is 19.8 Å². The summed E-state index contributed by atoms with van der Waals surface area (Å²) in [5.41, 5.74) is 5.43. The summed E-state index contributed by atoms with van der Waals surface area (Å²) in [7, 11) is 0. The molecule has 0 aliphatic heterocycles. The molecule has 4 aromatic carbocycles. The second kappa shape index (κ2) is 33.5. The highest BCUT2D eigenvalue weighted by atomic mass is 16.5. The summed E-state index contributed by atoms with van der Waals surface area (Å²) in [4.78, 5) is 0. The molecule has 4 rings (SSSR count). The number of rotatable bonds is 30. The minimum Gasteiger partial charge on any atom is -0.494 e.